The normalized spacial score (nSPS) is 17.2. The van der Waals surface area contributed by atoms with E-state index < -0.39 is 0 Å². The van der Waals surface area contributed by atoms with Gasteiger partial charge in [0.15, 0.2) is 0 Å². The van der Waals surface area contributed by atoms with Crippen LogP contribution in [0.25, 0.3) is 0 Å². The molecule has 0 unspecified atom stereocenters. The summed E-state index contributed by atoms with van der Waals surface area (Å²) in [5, 5.41) is 6.50. The Bertz CT molecular complexity index is 780. The molecule has 3 rings (SSSR count). The molecule has 2 aromatic rings. The number of rotatable bonds is 6. The van der Waals surface area contributed by atoms with Crippen LogP contribution in [0.4, 0.5) is 5.69 Å². The molecule has 0 saturated carbocycles. The van der Waals surface area contributed by atoms with Crippen molar-refractivity contribution in [1.29, 1.82) is 0 Å². The number of benzene rings is 1. The van der Waals surface area contributed by atoms with Crippen LogP contribution in [0.1, 0.15) is 18.6 Å². The highest BCUT2D eigenvalue weighted by atomic mass is 35.5. The van der Waals surface area contributed by atoms with Gasteiger partial charge in [-0.25, -0.2) is 0 Å². The summed E-state index contributed by atoms with van der Waals surface area (Å²) in [6, 6.07) is 8.10. The summed E-state index contributed by atoms with van der Waals surface area (Å²) in [4.78, 5) is 26.6. The molecule has 0 bridgehead atoms. The molecule has 1 atom stereocenters. The molecule has 1 aliphatic heterocycles. The lowest BCUT2D eigenvalue weighted by atomic mass is 10.2. The van der Waals surface area contributed by atoms with Crippen LogP contribution in [0.15, 0.2) is 41.0 Å². The number of furan rings is 1. The number of carbonyl (C=O) groups excluding carboxylic acids is 2. The molecule has 2 amide bonds. The summed E-state index contributed by atoms with van der Waals surface area (Å²) in [5.41, 5.74) is 0.509. The van der Waals surface area contributed by atoms with Gasteiger partial charge in [-0.1, -0.05) is 23.2 Å². The summed E-state index contributed by atoms with van der Waals surface area (Å²) in [5.74, 6) is 0.364. The second kappa shape index (κ2) is 8.58. The second-order valence-electron chi connectivity index (χ2n) is 6.10. The third-order valence-electron chi connectivity index (χ3n) is 4.24. The average Bonchev–Trinajstić information content (AvgIpc) is 3.27. The minimum absolute atomic E-state index is 0.148. The number of amides is 2. The quantitative estimate of drug-likeness (QED) is 0.786. The van der Waals surface area contributed by atoms with Crippen LogP contribution in [0.2, 0.25) is 10.0 Å². The van der Waals surface area contributed by atoms with Gasteiger partial charge in [0.1, 0.15) is 5.76 Å². The van der Waals surface area contributed by atoms with Gasteiger partial charge in [-0.15, -0.1) is 0 Å². The van der Waals surface area contributed by atoms with Crippen molar-refractivity contribution in [3.05, 3.63) is 52.4 Å². The average molecular weight is 396 g/mol. The van der Waals surface area contributed by atoms with E-state index in [-0.39, 0.29) is 24.4 Å². The van der Waals surface area contributed by atoms with Crippen molar-refractivity contribution in [2.45, 2.75) is 25.4 Å². The van der Waals surface area contributed by atoms with Gasteiger partial charge < -0.3 is 15.1 Å². The SMILES string of the molecule is O=C(CN1CCC[C@@H]1C(=O)Nc1ccc(Cl)cc1Cl)NCc1ccco1. The molecule has 1 fully saturated rings. The molecule has 8 heteroatoms. The molecule has 1 aromatic carbocycles. The molecule has 2 N–H and O–H groups in total. The van der Waals surface area contributed by atoms with Crippen molar-refractivity contribution in [1.82, 2.24) is 10.2 Å². The van der Waals surface area contributed by atoms with Gasteiger partial charge in [0.05, 0.1) is 36.1 Å². The van der Waals surface area contributed by atoms with Crippen LogP contribution in [0.3, 0.4) is 0 Å². The lowest BCUT2D eigenvalue weighted by Gasteiger charge is -2.23. The highest BCUT2D eigenvalue weighted by Crippen LogP contribution is 2.26. The lowest BCUT2D eigenvalue weighted by molar-refractivity contribution is -0.125. The van der Waals surface area contributed by atoms with E-state index in [1.807, 2.05) is 4.90 Å². The van der Waals surface area contributed by atoms with E-state index in [2.05, 4.69) is 10.6 Å². The number of carbonyl (C=O) groups is 2. The van der Waals surface area contributed by atoms with Crippen molar-refractivity contribution in [2.24, 2.45) is 0 Å². The van der Waals surface area contributed by atoms with Crippen molar-refractivity contribution in [3.8, 4) is 0 Å². The molecule has 1 aliphatic rings. The van der Waals surface area contributed by atoms with Crippen molar-refractivity contribution in [2.75, 3.05) is 18.4 Å². The molecule has 0 spiro atoms. The number of nitrogens with zero attached hydrogens (tertiary/aromatic N) is 1. The van der Waals surface area contributed by atoms with E-state index in [1.54, 1.807) is 36.6 Å². The fraction of sp³-hybridized carbons (Fsp3) is 0.333. The van der Waals surface area contributed by atoms with E-state index in [9.17, 15) is 9.59 Å². The Balaban J connectivity index is 1.55. The molecular weight excluding hydrogens is 377 g/mol. The highest BCUT2D eigenvalue weighted by molar-refractivity contribution is 6.36. The molecule has 26 heavy (non-hydrogen) atoms. The molecule has 0 aliphatic carbocycles. The third-order valence-corrected chi connectivity index (χ3v) is 4.79. The Morgan fingerprint density at radius 3 is 2.85 bits per heavy atom. The minimum Gasteiger partial charge on any atom is -0.467 e. The summed E-state index contributed by atoms with van der Waals surface area (Å²) in [7, 11) is 0. The zero-order valence-electron chi connectivity index (χ0n) is 14.0. The number of hydrogen-bond donors (Lipinski definition) is 2. The van der Waals surface area contributed by atoms with Gasteiger partial charge in [0.2, 0.25) is 11.8 Å². The first kappa shape index (κ1) is 18.8. The molecule has 6 nitrogen and oxygen atoms in total. The molecule has 2 heterocycles. The number of halogens is 2. The number of nitrogens with one attached hydrogen (secondary N) is 2. The first-order valence-corrected chi connectivity index (χ1v) is 9.07. The van der Waals surface area contributed by atoms with Crippen molar-refractivity contribution in [3.63, 3.8) is 0 Å². The van der Waals surface area contributed by atoms with Crippen molar-refractivity contribution >= 4 is 40.7 Å². The number of likely N-dealkylation sites (tertiary alicyclic amines) is 1. The molecule has 138 valence electrons. The zero-order chi connectivity index (χ0) is 18.5. The van der Waals surface area contributed by atoms with Crippen LogP contribution in [0.5, 0.6) is 0 Å². The maximum absolute atomic E-state index is 12.6. The van der Waals surface area contributed by atoms with E-state index in [1.165, 1.54) is 0 Å². The first-order chi connectivity index (χ1) is 12.5. The Labute approximate surface area is 161 Å². The van der Waals surface area contributed by atoms with Crippen LogP contribution in [-0.4, -0.2) is 35.8 Å². The van der Waals surface area contributed by atoms with Gasteiger partial charge in [0, 0.05) is 5.02 Å². The maximum Gasteiger partial charge on any atom is 0.241 e. The van der Waals surface area contributed by atoms with Crippen LogP contribution < -0.4 is 10.6 Å². The van der Waals surface area contributed by atoms with Crippen LogP contribution >= 0.6 is 23.2 Å². The summed E-state index contributed by atoms with van der Waals surface area (Å²) >= 11 is 12.0. The third kappa shape index (κ3) is 4.78. The minimum atomic E-state index is -0.365. The smallest absolute Gasteiger partial charge is 0.241 e. The summed E-state index contributed by atoms with van der Waals surface area (Å²) < 4.78 is 5.18. The molecule has 0 radical (unpaired) electrons. The van der Waals surface area contributed by atoms with E-state index in [0.29, 0.717) is 41.0 Å². The standard InChI is InChI=1S/C18H19Cl2N3O3/c19-12-5-6-15(14(20)9-12)22-18(25)16-4-1-7-23(16)11-17(24)21-10-13-3-2-8-26-13/h2-3,5-6,8-9,16H,1,4,7,10-11H2,(H,21,24)(H,22,25)/t16-/m1/s1. The van der Waals surface area contributed by atoms with Gasteiger partial charge in [-0.2, -0.15) is 0 Å². The fourth-order valence-corrected chi connectivity index (χ4v) is 3.41. The number of anilines is 1. The Morgan fingerprint density at radius 1 is 1.27 bits per heavy atom. The van der Waals surface area contributed by atoms with Gasteiger partial charge >= 0.3 is 0 Å². The molecular formula is C18H19Cl2N3O3. The largest absolute Gasteiger partial charge is 0.467 e. The van der Waals surface area contributed by atoms with E-state index in [4.69, 9.17) is 27.6 Å². The molecule has 1 aromatic heterocycles. The second-order valence-corrected chi connectivity index (χ2v) is 6.94. The van der Waals surface area contributed by atoms with Gasteiger partial charge in [-0.3, -0.25) is 14.5 Å². The molecule has 1 saturated heterocycles. The van der Waals surface area contributed by atoms with Gasteiger partial charge in [0.25, 0.3) is 0 Å². The summed E-state index contributed by atoms with van der Waals surface area (Å²) in [6.45, 7) is 1.19. The Hall–Kier alpha value is -2.02. The van der Waals surface area contributed by atoms with E-state index >= 15 is 0 Å². The van der Waals surface area contributed by atoms with Crippen molar-refractivity contribution < 1.29 is 14.0 Å². The zero-order valence-corrected chi connectivity index (χ0v) is 15.5. The van der Waals surface area contributed by atoms with Crippen LogP contribution in [-0.2, 0) is 16.1 Å². The topological polar surface area (TPSA) is 74.6 Å². The fourth-order valence-electron chi connectivity index (χ4n) is 2.96. The first-order valence-electron chi connectivity index (χ1n) is 8.32. The summed E-state index contributed by atoms with van der Waals surface area (Å²) in [6.07, 6.45) is 3.12. The highest BCUT2D eigenvalue weighted by Gasteiger charge is 2.32. The monoisotopic (exact) mass is 395 g/mol. The number of hydrogen-bond acceptors (Lipinski definition) is 4. The Morgan fingerprint density at radius 2 is 2.12 bits per heavy atom. The van der Waals surface area contributed by atoms with E-state index in [0.717, 1.165) is 6.42 Å². The maximum atomic E-state index is 12.6. The van der Waals surface area contributed by atoms with Crippen LogP contribution in [0, 0.1) is 0 Å². The predicted molar refractivity (Wildman–Crippen MR) is 100 cm³/mol. The van der Waals surface area contributed by atoms with Gasteiger partial charge in [-0.05, 0) is 49.7 Å². The Kier molecular flexibility index (Phi) is 6.19. The lowest BCUT2D eigenvalue weighted by Crippen LogP contribution is -2.44. The predicted octanol–water partition coefficient (Wildman–Crippen LogP) is 3.31.